The van der Waals surface area contributed by atoms with Crippen molar-refractivity contribution < 1.29 is 13.5 Å². The molecular weight excluding hydrogens is 326 g/mol. The standard InChI is InChI=1S/C14H19NO3S3/c1-2-3-9-21(17,18)15-11-14(16,12-6-8-19-10-12)13-5-4-7-20-13/h4-8,10,15-16H,2-3,9,11H2,1H3. The van der Waals surface area contributed by atoms with E-state index in [0.717, 1.165) is 11.3 Å². The molecule has 2 aromatic heterocycles. The van der Waals surface area contributed by atoms with E-state index in [4.69, 9.17) is 0 Å². The number of sulfonamides is 1. The molecule has 4 nitrogen and oxygen atoms in total. The maximum absolute atomic E-state index is 12.0. The molecule has 0 spiro atoms. The monoisotopic (exact) mass is 345 g/mol. The first-order valence-corrected chi connectivity index (χ1v) is 10.2. The fraction of sp³-hybridized carbons (Fsp3) is 0.429. The molecule has 0 bridgehead atoms. The summed E-state index contributed by atoms with van der Waals surface area (Å²) in [5, 5.41) is 16.6. The van der Waals surface area contributed by atoms with Crippen LogP contribution < -0.4 is 4.72 Å². The molecule has 2 aromatic rings. The van der Waals surface area contributed by atoms with Gasteiger partial charge in [0.2, 0.25) is 10.0 Å². The van der Waals surface area contributed by atoms with Crippen LogP contribution in [0.5, 0.6) is 0 Å². The Balaban J connectivity index is 2.19. The summed E-state index contributed by atoms with van der Waals surface area (Å²) in [5.41, 5.74) is -0.596. The first kappa shape index (κ1) is 16.6. The third-order valence-corrected chi connectivity index (χ3v) is 6.36. The number of nitrogens with one attached hydrogen (secondary N) is 1. The van der Waals surface area contributed by atoms with E-state index in [1.54, 1.807) is 0 Å². The fourth-order valence-corrected chi connectivity index (χ4v) is 4.78. The van der Waals surface area contributed by atoms with Crippen molar-refractivity contribution in [1.82, 2.24) is 4.72 Å². The molecule has 0 aromatic carbocycles. The summed E-state index contributed by atoms with van der Waals surface area (Å²) in [6.07, 6.45) is 1.44. The van der Waals surface area contributed by atoms with Gasteiger partial charge in [0.05, 0.1) is 5.75 Å². The van der Waals surface area contributed by atoms with Gasteiger partial charge in [-0.05, 0) is 34.7 Å². The summed E-state index contributed by atoms with van der Waals surface area (Å²) in [4.78, 5) is 0.735. The van der Waals surface area contributed by atoms with Crippen molar-refractivity contribution in [2.24, 2.45) is 0 Å². The van der Waals surface area contributed by atoms with Gasteiger partial charge in [-0.2, -0.15) is 11.3 Å². The van der Waals surface area contributed by atoms with Gasteiger partial charge in [0.15, 0.2) is 0 Å². The van der Waals surface area contributed by atoms with Crippen molar-refractivity contribution in [2.45, 2.75) is 25.4 Å². The van der Waals surface area contributed by atoms with Gasteiger partial charge >= 0.3 is 0 Å². The van der Waals surface area contributed by atoms with Crippen LogP contribution in [0.15, 0.2) is 34.3 Å². The lowest BCUT2D eigenvalue weighted by atomic mass is 9.95. The van der Waals surface area contributed by atoms with Crippen LogP contribution >= 0.6 is 22.7 Å². The highest BCUT2D eigenvalue weighted by Crippen LogP contribution is 2.33. The summed E-state index contributed by atoms with van der Waals surface area (Å²) in [7, 11) is -3.36. The van der Waals surface area contributed by atoms with Crippen molar-refractivity contribution in [3.8, 4) is 0 Å². The van der Waals surface area contributed by atoms with Crippen LogP contribution in [-0.2, 0) is 15.6 Å². The van der Waals surface area contributed by atoms with E-state index in [9.17, 15) is 13.5 Å². The number of aliphatic hydroxyl groups is 1. The van der Waals surface area contributed by atoms with Gasteiger partial charge in [-0.25, -0.2) is 13.1 Å². The third kappa shape index (κ3) is 4.14. The molecular formula is C14H19NO3S3. The largest absolute Gasteiger partial charge is 0.378 e. The summed E-state index contributed by atoms with van der Waals surface area (Å²) in [6.45, 7) is 1.90. The summed E-state index contributed by atoms with van der Waals surface area (Å²) < 4.78 is 26.5. The van der Waals surface area contributed by atoms with Gasteiger partial charge in [-0.1, -0.05) is 19.4 Å². The van der Waals surface area contributed by atoms with Crippen LogP contribution in [0, 0.1) is 0 Å². The second kappa shape index (κ2) is 7.02. The SMILES string of the molecule is CCCCS(=O)(=O)NCC(O)(c1ccsc1)c1cccs1. The van der Waals surface area contributed by atoms with Crippen molar-refractivity contribution >= 4 is 32.7 Å². The van der Waals surface area contributed by atoms with Gasteiger partial charge < -0.3 is 5.11 Å². The Morgan fingerprint density at radius 1 is 1.33 bits per heavy atom. The quantitative estimate of drug-likeness (QED) is 0.773. The predicted molar refractivity (Wildman–Crippen MR) is 88.3 cm³/mol. The topological polar surface area (TPSA) is 66.4 Å². The van der Waals surface area contributed by atoms with Crippen molar-refractivity contribution in [3.63, 3.8) is 0 Å². The van der Waals surface area contributed by atoms with Crippen LogP contribution in [-0.4, -0.2) is 25.8 Å². The van der Waals surface area contributed by atoms with Gasteiger partial charge in [-0.3, -0.25) is 0 Å². The summed E-state index contributed by atoms with van der Waals surface area (Å²) >= 11 is 2.89. The minimum absolute atomic E-state index is 0.0453. The lowest BCUT2D eigenvalue weighted by Crippen LogP contribution is -2.41. The maximum atomic E-state index is 12.0. The van der Waals surface area contributed by atoms with E-state index in [2.05, 4.69) is 4.72 Å². The van der Waals surface area contributed by atoms with E-state index < -0.39 is 15.6 Å². The molecule has 116 valence electrons. The van der Waals surface area contributed by atoms with E-state index >= 15 is 0 Å². The van der Waals surface area contributed by atoms with E-state index in [-0.39, 0.29) is 12.3 Å². The normalized spacial score (nSPS) is 15.0. The Kier molecular flexibility index (Phi) is 5.56. The number of hydrogen-bond acceptors (Lipinski definition) is 5. The first-order chi connectivity index (χ1) is 9.98. The zero-order valence-electron chi connectivity index (χ0n) is 11.8. The molecule has 2 rings (SSSR count). The number of thiophene rings is 2. The fourth-order valence-electron chi connectivity index (χ4n) is 1.97. The van der Waals surface area contributed by atoms with Crippen LogP contribution in [0.2, 0.25) is 0 Å². The molecule has 2 N–H and O–H groups in total. The molecule has 0 aliphatic rings. The highest BCUT2D eigenvalue weighted by Gasteiger charge is 2.34. The molecule has 0 saturated heterocycles. The Hall–Kier alpha value is -0.730. The smallest absolute Gasteiger partial charge is 0.211 e. The molecule has 21 heavy (non-hydrogen) atoms. The Bertz CT molecular complexity index is 599. The second-order valence-corrected chi connectivity index (χ2v) is 8.50. The number of unbranched alkanes of at least 4 members (excludes halogenated alkanes) is 1. The van der Waals surface area contributed by atoms with Crippen LogP contribution in [0.4, 0.5) is 0 Å². The Morgan fingerprint density at radius 2 is 2.14 bits per heavy atom. The first-order valence-electron chi connectivity index (χ1n) is 6.74. The molecule has 0 radical (unpaired) electrons. The molecule has 0 amide bonds. The zero-order chi connectivity index (χ0) is 15.3. The van der Waals surface area contributed by atoms with E-state index in [1.807, 2.05) is 41.3 Å². The van der Waals surface area contributed by atoms with E-state index in [1.165, 1.54) is 22.7 Å². The Morgan fingerprint density at radius 3 is 2.71 bits per heavy atom. The number of rotatable bonds is 8. The third-order valence-electron chi connectivity index (χ3n) is 3.24. The average Bonchev–Trinajstić information content (AvgIpc) is 3.14. The van der Waals surface area contributed by atoms with Crippen molar-refractivity contribution in [3.05, 3.63) is 44.8 Å². The maximum Gasteiger partial charge on any atom is 0.211 e. The molecule has 0 aliphatic heterocycles. The molecule has 0 fully saturated rings. The molecule has 7 heteroatoms. The predicted octanol–water partition coefficient (Wildman–Crippen LogP) is 2.77. The summed E-state index contributed by atoms with van der Waals surface area (Å²) in [5.74, 6) is 0.0909. The Labute approximate surface area is 133 Å². The van der Waals surface area contributed by atoms with Gasteiger partial charge in [0, 0.05) is 17.0 Å². The number of hydrogen-bond donors (Lipinski definition) is 2. The van der Waals surface area contributed by atoms with Crippen LogP contribution in [0.3, 0.4) is 0 Å². The average molecular weight is 346 g/mol. The lowest BCUT2D eigenvalue weighted by Gasteiger charge is -2.26. The van der Waals surface area contributed by atoms with Crippen molar-refractivity contribution in [2.75, 3.05) is 12.3 Å². The van der Waals surface area contributed by atoms with Crippen molar-refractivity contribution in [1.29, 1.82) is 0 Å². The minimum Gasteiger partial charge on any atom is -0.378 e. The van der Waals surface area contributed by atoms with Gasteiger partial charge in [0.1, 0.15) is 5.60 Å². The molecule has 2 heterocycles. The molecule has 0 saturated carbocycles. The molecule has 1 unspecified atom stereocenters. The van der Waals surface area contributed by atoms with Gasteiger partial charge in [-0.15, -0.1) is 11.3 Å². The second-order valence-electron chi connectivity index (χ2n) is 4.84. The van der Waals surface area contributed by atoms with Crippen LogP contribution in [0.1, 0.15) is 30.2 Å². The molecule has 1 atom stereocenters. The van der Waals surface area contributed by atoms with Crippen LogP contribution in [0.25, 0.3) is 0 Å². The highest BCUT2D eigenvalue weighted by atomic mass is 32.2. The zero-order valence-corrected chi connectivity index (χ0v) is 14.2. The minimum atomic E-state index is -3.36. The highest BCUT2D eigenvalue weighted by molar-refractivity contribution is 7.89. The van der Waals surface area contributed by atoms with Gasteiger partial charge in [0.25, 0.3) is 0 Å². The lowest BCUT2D eigenvalue weighted by molar-refractivity contribution is 0.0903. The molecule has 0 aliphatic carbocycles. The van der Waals surface area contributed by atoms with E-state index in [0.29, 0.717) is 12.0 Å². The summed E-state index contributed by atoms with van der Waals surface area (Å²) in [6, 6.07) is 5.50.